The number of nitrogens with one attached hydrogen (secondary N) is 1. The fraction of sp³-hybridized carbons (Fsp3) is 0.421. The number of aromatic nitrogens is 2. The normalized spacial score (nSPS) is 18.0. The summed E-state index contributed by atoms with van der Waals surface area (Å²) in [7, 11) is 0. The van der Waals surface area contributed by atoms with Crippen LogP contribution in [0.2, 0.25) is 0 Å². The number of aryl methyl sites for hydroxylation is 1. The number of nitrogens with zero attached hydrogens (tertiary/aromatic N) is 3. The van der Waals surface area contributed by atoms with Crippen molar-refractivity contribution in [1.29, 1.82) is 0 Å². The zero-order valence-corrected chi connectivity index (χ0v) is 14.5. The number of carbonyl (C=O) groups excluding carboxylic acids is 1. The largest absolute Gasteiger partial charge is 0.354 e. The highest BCUT2D eigenvalue weighted by molar-refractivity contribution is 6.08. The number of rotatable bonds is 4. The van der Waals surface area contributed by atoms with Gasteiger partial charge in [0.1, 0.15) is 11.5 Å². The first kappa shape index (κ1) is 16.6. The third kappa shape index (κ3) is 3.46. The maximum Gasteiger partial charge on any atom is 0.213 e. The van der Waals surface area contributed by atoms with E-state index >= 15 is 0 Å². The Balaban J connectivity index is 1.84. The Bertz CT molecular complexity index is 729. The van der Waals surface area contributed by atoms with E-state index in [0.717, 1.165) is 31.1 Å². The summed E-state index contributed by atoms with van der Waals surface area (Å²) in [5.74, 6) is 1.36. The van der Waals surface area contributed by atoms with Crippen LogP contribution in [0.5, 0.6) is 0 Å². The maximum atomic E-state index is 12.7. The third-order valence-electron chi connectivity index (χ3n) is 4.55. The summed E-state index contributed by atoms with van der Waals surface area (Å²) < 4.78 is 0. The Morgan fingerprint density at radius 3 is 2.88 bits per heavy atom. The van der Waals surface area contributed by atoms with Gasteiger partial charge >= 0.3 is 0 Å². The molecule has 0 unspecified atom stereocenters. The molecule has 1 atom stereocenters. The summed E-state index contributed by atoms with van der Waals surface area (Å²) in [6, 6.07) is 9.70. The standard InChI is InChI=1S/C19H24N4O/c1-13(2)17-12-23(11-10-21-17)18-8-4-7-16(22-18)19(24)15-6-5-9-20-14(15)3/h4-9,13,17,21H,10-12H2,1-3H3/t17-/m1/s1. The number of hydrogen-bond acceptors (Lipinski definition) is 5. The topological polar surface area (TPSA) is 58.1 Å². The van der Waals surface area contributed by atoms with Crippen LogP contribution in [0.25, 0.3) is 0 Å². The van der Waals surface area contributed by atoms with Crippen LogP contribution in [-0.2, 0) is 0 Å². The molecule has 0 amide bonds. The van der Waals surface area contributed by atoms with Crippen LogP contribution in [0.15, 0.2) is 36.5 Å². The SMILES string of the molecule is Cc1ncccc1C(=O)c1cccc(N2CCN[C@@H](C(C)C)C2)n1. The van der Waals surface area contributed by atoms with Gasteiger partial charge in [0.2, 0.25) is 5.78 Å². The van der Waals surface area contributed by atoms with Crippen molar-refractivity contribution in [2.75, 3.05) is 24.5 Å². The molecule has 5 heteroatoms. The molecule has 1 aliphatic rings. The summed E-state index contributed by atoms with van der Waals surface area (Å²) in [6.45, 7) is 9.04. The Morgan fingerprint density at radius 1 is 1.29 bits per heavy atom. The lowest BCUT2D eigenvalue weighted by Crippen LogP contribution is -2.53. The minimum absolute atomic E-state index is 0.0713. The van der Waals surface area contributed by atoms with Crippen LogP contribution < -0.4 is 10.2 Å². The molecule has 0 bridgehead atoms. The second-order valence-electron chi connectivity index (χ2n) is 6.60. The number of anilines is 1. The van der Waals surface area contributed by atoms with Crippen LogP contribution in [0.3, 0.4) is 0 Å². The van der Waals surface area contributed by atoms with Gasteiger partial charge in [-0.05, 0) is 37.1 Å². The van der Waals surface area contributed by atoms with Crippen molar-refractivity contribution in [1.82, 2.24) is 15.3 Å². The van der Waals surface area contributed by atoms with Crippen molar-refractivity contribution in [2.45, 2.75) is 26.8 Å². The van der Waals surface area contributed by atoms with Crippen LogP contribution in [-0.4, -0.2) is 41.4 Å². The van der Waals surface area contributed by atoms with Gasteiger partial charge in [0, 0.05) is 43.1 Å². The summed E-state index contributed by atoms with van der Waals surface area (Å²) in [6.07, 6.45) is 1.70. The summed E-state index contributed by atoms with van der Waals surface area (Å²) in [5.41, 5.74) is 1.82. The second-order valence-corrected chi connectivity index (χ2v) is 6.60. The van der Waals surface area contributed by atoms with Crippen LogP contribution in [0.1, 0.15) is 35.6 Å². The van der Waals surface area contributed by atoms with Crippen molar-refractivity contribution < 1.29 is 4.79 Å². The molecule has 126 valence electrons. The number of hydrogen-bond donors (Lipinski definition) is 1. The number of ketones is 1. The molecule has 0 spiro atoms. The van der Waals surface area contributed by atoms with E-state index in [9.17, 15) is 4.79 Å². The molecular formula is C19H24N4O. The highest BCUT2D eigenvalue weighted by Gasteiger charge is 2.23. The lowest BCUT2D eigenvalue weighted by Gasteiger charge is -2.36. The van der Waals surface area contributed by atoms with Crippen molar-refractivity contribution in [2.24, 2.45) is 5.92 Å². The minimum Gasteiger partial charge on any atom is -0.354 e. The summed E-state index contributed by atoms with van der Waals surface area (Å²) in [5, 5.41) is 3.54. The Labute approximate surface area is 143 Å². The second kappa shape index (κ2) is 7.09. The smallest absolute Gasteiger partial charge is 0.213 e. The Kier molecular flexibility index (Phi) is 4.90. The van der Waals surface area contributed by atoms with Gasteiger partial charge in [-0.2, -0.15) is 0 Å². The molecule has 24 heavy (non-hydrogen) atoms. The first-order chi connectivity index (χ1) is 11.6. The molecule has 1 saturated heterocycles. The fourth-order valence-corrected chi connectivity index (χ4v) is 3.02. The van der Waals surface area contributed by atoms with E-state index in [1.165, 1.54) is 0 Å². The molecule has 2 aromatic heterocycles. The predicted molar refractivity (Wildman–Crippen MR) is 95.5 cm³/mol. The predicted octanol–water partition coefficient (Wildman–Crippen LogP) is 2.45. The molecule has 3 heterocycles. The molecule has 2 aromatic rings. The minimum atomic E-state index is -0.0713. The van der Waals surface area contributed by atoms with Gasteiger partial charge in [-0.3, -0.25) is 9.78 Å². The van der Waals surface area contributed by atoms with Crippen molar-refractivity contribution >= 4 is 11.6 Å². The molecule has 1 fully saturated rings. The van der Waals surface area contributed by atoms with E-state index in [0.29, 0.717) is 23.2 Å². The van der Waals surface area contributed by atoms with Gasteiger partial charge < -0.3 is 10.2 Å². The molecule has 5 nitrogen and oxygen atoms in total. The van der Waals surface area contributed by atoms with Gasteiger partial charge in [-0.15, -0.1) is 0 Å². The summed E-state index contributed by atoms with van der Waals surface area (Å²) >= 11 is 0. The fourth-order valence-electron chi connectivity index (χ4n) is 3.02. The lowest BCUT2D eigenvalue weighted by molar-refractivity contribution is 0.103. The van der Waals surface area contributed by atoms with Crippen molar-refractivity contribution in [3.05, 3.63) is 53.5 Å². The van der Waals surface area contributed by atoms with Gasteiger partial charge in [0.05, 0.1) is 0 Å². The number of piperazine rings is 1. The van der Waals surface area contributed by atoms with Gasteiger partial charge in [0.25, 0.3) is 0 Å². The van der Waals surface area contributed by atoms with Crippen molar-refractivity contribution in [3.8, 4) is 0 Å². The van der Waals surface area contributed by atoms with E-state index in [1.807, 2.05) is 19.1 Å². The number of carbonyl (C=O) groups is 1. The third-order valence-corrected chi connectivity index (χ3v) is 4.55. The van der Waals surface area contributed by atoms with Gasteiger partial charge in [0.15, 0.2) is 0 Å². The van der Waals surface area contributed by atoms with Gasteiger partial charge in [-0.25, -0.2) is 4.98 Å². The van der Waals surface area contributed by atoms with E-state index in [1.54, 1.807) is 24.4 Å². The van der Waals surface area contributed by atoms with Gasteiger partial charge in [-0.1, -0.05) is 19.9 Å². The van der Waals surface area contributed by atoms with E-state index in [4.69, 9.17) is 0 Å². The summed E-state index contributed by atoms with van der Waals surface area (Å²) in [4.78, 5) is 23.8. The molecular weight excluding hydrogens is 300 g/mol. The van der Waals surface area contributed by atoms with E-state index < -0.39 is 0 Å². The van der Waals surface area contributed by atoms with Crippen LogP contribution >= 0.6 is 0 Å². The van der Waals surface area contributed by atoms with Crippen LogP contribution in [0.4, 0.5) is 5.82 Å². The Morgan fingerprint density at radius 2 is 2.12 bits per heavy atom. The molecule has 0 saturated carbocycles. The van der Waals surface area contributed by atoms with Crippen molar-refractivity contribution in [3.63, 3.8) is 0 Å². The lowest BCUT2D eigenvalue weighted by atomic mass is 10.0. The molecule has 0 radical (unpaired) electrons. The monoisotopic (exact) mass is 324 g/mol. The molecule has 0 aliphatic carbocycles. The van der Waals surface area contributed by atoms with E-state index in [-0.39, 0.29) is 5.78 Å². The molecule has 3 rings (SSSR count). The molecule has 1 N–H and O–H groups in total. The van der Waals surface area contributed by atoms with Crippen LogP contribution in [0, 0.1) is 12.8 Å². The van der Waals surface area contributed by atoms with E-state index in [2.05, 4.69) is 34.0 Å². The average Bonchev–Trinajstić information content (AvgIpc) is 2.62. The number of pyridine rings is 2. The highest BCUT2D eigenvalue weighted by Crippen LogP contribution is 2.18. The highest BCUT2D eigenvalue weighted by atomic mass is 16.1. The zero-order chi connectivity index (χ0) is 17.1. The maximum absolute atomic E-state index is 12.7. The molecule has 1 aliphatic heterocycles. The zero-order valence-electron chi connectivity index (χ0n) is 14.5. The average molecular weight is 324 g/mol. The first-order valence-corrected chi connectivity index (χ1v) is 8.48. The quantitative estimate of drug-likeness (QED) is 0.876. The first-order valence-electron chi connectivity index (χ1n) is 8.48. The molecule has 0 aromatic carbocycles. The Hall–Kier alpha value is -2.27.